The summed E-state index contributed by atoms with van der Waals surface area (Å²) in [5.74, 6) is 0. The van der Waals surface area contributed by atoms with Gasteiger partial charge < -0.3 is 5.11 Å². The van der Waals surface area contributed by atoms with Gasteiger partial charge in [0.1, 0.15) is 0 Å². The molecule has 0 radical (unpaired) electrons. The van der Waals surface area contributed by atoms with Gasteiger partial charge in [-0.25, -0.2) is 8.42 Å². The first-order valence-corrected chi connectivity index (χ1v) is 5.37. The smallest absolute Gasteiger partial charge is 0.269 e. The number of benzene rings is 1. The van der Waals surface area contributed by atoms with Crippen LogP contribution in [0.15, 0.2) is 35.2 Å². The van der Waals surface area contributed by atoms with E-state index < -0.39 is 23.2 Å². The lowest BCUT2D eigenvalue weighted by Crippen LogP contribution is -2.25. The highest BCUT2D eigenvalue weighted by Crippen LogP contribution is 2.14. The van der Waals surface area contributed by atoms with Crippen molar-refractivity contribution in [2.24, 2.45) is 0 Å². The minimum absolute atomic E-state index is 0.129. The molecule has 0 aliphatic carbocycles. The second-order valence-corrected chi connectivity index (χ2v) is 4.37. The molecule has 1 aromatic rings. The van der Waals surface area contributed by atoms with Gasteiger partial charge in [-0.15, -0.1) is 4.48 Å². The van der Waals surface area contributed by atoms with Crippen molar-refractivity contribution in [1.29, 1.82) is 0 Å². The summed E-state index contributed by atoms with van der Waals surface area (Å²) in [6, 6.07) is 7.21. The second kappa shape index (κ2) is 4.50. The fourth-order valence-corrected chi connectivity index (χ4v) is 1.96. The van der Waals surface area contributed by atoms with Crippen molar-refractivity contribution < 1.29 is 18.0 Å². The van der Waals surface area contributed by atoms with E-state index in [4.69, 9.17) is 5.11 Å². The molecule has 0 fully saturated rings. The number of hydrogen-bond acceptors (Lipinski definition) is 3. The molecule has 0 heterocycles. The van der Waals surface area contributed by atoms with Crippen LogP contribution in [0.1, 0.15) is 0 Å². The van der Waals surface area contributed by atoms with Gasteiger partial charge in [-0.3, -0.25) is 0 Å². The summed E-state index contributed by atoms with van der Waals surface area (Å²) in [4.78, 5) is -0.129. The molecular weight excluding hydrogens is 209 g/mol. The van der Waals surface area contributed by atoms with Crippen molar-refractivity contribution in [3.8, 4) is 0 Å². The van der Waals surface area contributed by atoms with E-state index >= 15 is 0 Å². The number of nitrogens with zero attached hydrogens (tertiary/aromatic N) is 1. The zero-order valence-electron chi connectivity index (χ0n) is 7.30. The molecule has 0 bridgehead atoms. The van der Waals surface area contributed by atoms with E-state index in [1.165, 1.54) is 24.3 Å². The third-order valence-corrected chi connectivity index (χ3v) is 3.15. The lowest BCUT2D eigenvalue weighted by atomic mass is 10.4. The van der Waals surface area contributed by atoms with Crippen molar-refractivity contribution >= 4 is 10.0 Å². The van der Waals surface area contributed by atoms with Crippen LogP contribution in [0.5, 0.6) is 0 Å². The zero-order chi connectivity index (χ0) is 10.6. The largest absolute Gasteiger partial charge is 0.395 e. The fraction of sp³-hybridized carbons (Fsp3) is 0.250. The first kappa shape index (κ1) is 11.1. The number of aliphatic hydroxyl groups is 1. The molecule has 1 aromatic carbocycles. The van der Waals surface area contributed by atoms with Crippen LogP contribution in [-0.2, 0) is 10.0 Å². The molecule has 14 heavy (non-hydrogen) atoms. The third kappa shape index (κ3) is 2.28. The Morgan fingerprint density at radius 2 is 1.86 bits per heavy atom. The number of rotatable bonds is 4. The molecule has 0 spiro atoms. The van der Waals surface area contributed by atoms with Gasteiger partial charge in [-0.2, -0.15) is 0 Å². The quantitative estimate of drug-likeness (QED) is 0.752. The highest BCUT2D eigenvalue weighted by molar-refractivity contribution is 7.89. The Kier molecular flexibility index (Phi) is 3.56. The Morgan fingerprint density at radius 3 is 2.36 bits per heavy atom. The first-order chi connectivity index (χ1) is 6.59. The van der Waals surface area contributed by atoms with E-state index in [9.17, 15) is 12.9 Å². The van der Waals surface area contributed by atoms with Gasteiger partial charge in [0.15, 0.2) is 0 Å². The van der Waals surface area contributed by atoms with Crippen LogP contribution in [0.25, 0.3) is 0 Å². The molecule has 0 saturated carbocycles. The van der Waals surface area contributed by atoms with E-state index in [1.54, 1.807) is 6.07 Å². The molecule has 1 rings (SSSR count). The Balaban J connectivity index is 2.97. The molecule has 4 nitrogen and oxygen atoms in total. The maximum Gasteiger partial charge on any atom is 0.269 e. The van der Waals surface area contributed by atoms with Crippen LogP contribution in [0.4, 0.5) is 4.48 Å². The molecule has 0 aromatic heterocycles. The predicted molar refractivity (Wildman–Crippen MR) is 48.5 cm³/mol. The van der Waals surface area contributed by atoms with Crippen LogP contribution in [0.2, 0.25) is 0 Å². The fourth-order valence-electron chi connectivity index (χ4n) is 0.906. The highest BCUT2D eigenvalue weighted by Gasteiger charge is 2.23. The molecule has 78 valence electrons. The lowest BCUT2D eigenvalue weighted by Gasteiger charge is -2.10. The number of aliphatic hydroxyl groups excluding tert-OH is 1. The maximum absolute atomic E-state index is 13.0. The Hall–Kier alpha value is -0.980. The van der Waals surface area contributed by atoms with E-state index in [1.807, 2.05) is 0 Å². The molecule has 0 aliphatic rings. The predicted octanol–water partition coefficient (Wildman–Crippen LogP) is 0.554. The minimum atomic E-state index is -4.09. The lowest BCUT2D eigenvalue weighted by molar-refractivity contribution is 0.109. The van der Waals surface area contributed by atoms with Crippen molar-refractivity contribution in [3.05, 3.63) is 30.3 Å². The van der Waals surface area contributed by atoms with Crippen LogP contribution in [0, 0.1) is 0 Å². The molecule has 0 unspecified atom stereocenters. The summed E-state index contributed by atoms with van der Waals surface area (Å²) >= 11 is 0. The topological polar surface area (TPSA) is 57.6 Å². The SMILES string of the molecule is O=S(=O)(c1ccccc1)N(F)CCO. The van der Waals surface area contributed by atoms with E-state index in [0.717, 1.165) is 0 Å². The molecule has 1 N–H and O–H groups in total. The molecule has 0 atom stereocenters. The zero-order valence-corrected chi connectivity index (χ0v) is 8.11. The summed E-state index contributed by atoms with van der Waals surface area (Å²) in [6.45, 7) is -1.11. The van der Waals surface area contributed by atoms with Crippen molar-refractivity contribution in [1.82, 2.24) is 4.53 Å². The van der Waals surface area contributed by atoms with Crippen LogP contribution in [0.3, 0.4) is 0 Å². The Labute approximate surface area is 81.6 Å². The van der Waals surface area contributed by atoms with E-state index in [2.05, 4.69) is 0 Å². The van der Waals surface area contributed by atoms with Crippen LogP contribution < -0.4 is 0 Å². The standard InChI is InChI=1S/C8H10FNO3S/c9-10(6-7-11)14(12,13)8-4-2-1-3-5-8/h1-5,11H,6-7H2. The average molecular weight is 219 g/mol. The van der Waals surface area contributed by atoms with Gasteiger partial charge in [0.25, 0.3) is 10.0 Å². The minimum Gasteiger partial charge on any atom is -0.395 e. The summed E-state index contributed by atoms with van der Waals surface area (Å²) < 4.78 is 35.3. The summed E-state index contributed by atoms with van der Waals surface area (Å²) in [7, 11) is -4.09. The monoisotopic (exact) mass is 219 g/mol. The van der Waals surface area contributed by atoms with Gasteiger partial charge in [-0.05, 0) is 16.7 Å². The van der Waals surface area contributed by atoms with Gasteiger partial charge in [-0.1, -0.05) is 18.2 Å². The van der Waals surface area contributed by atoms with Gasteiger partial charge >= 0.3 is 0 Å². The number of sulfonamides is 1. The average Bonchev–Trinajstić information content (AvgIpc) is 2.19. The molecule has 0 amide bonds. The van der Waals surface area contributed by atoms with E-state index in [-0.39, 0.29) is 9.42 Å². The molecular formula is C8H10FNO3S. The summed E-state index contributed by atoms with van der Waals surface area (Å²) in [5.41, 5.74) is 0. The summed E-state index contributed by atoms with van der Waals surface area (Å²) in [5, 5.41) is 8.40. The summed E-state index contributed by atoms with van der Waals surface area (Å²) in [6.07, 6.45) is 0. The van der Waals surface area contributed by atoms with Crippen molar-refractivity contribution in [2.75, 3.05) is 13.2 Å². The van der Waals surface area contributed by atoms with Gasteiger partial charge in [0.2, 0.25) is 0 Å². The Bertz CT molecular complexity index is 379. The molecule has 0 saturated heterocycles. The third-order valence-electron chi connectivity index (χ3n) is 1.58. The number of hydrogen-bond donors (Lipinski definition) is 1. The highest BCUT2D eigenvalue weighted by atomic mass is 32.2. The van der Waals surface area contributed by atoms with Gasteiger partial charge in [0, 0.05) is 0 Å². The van der Waals surface area contributed by atoms with Crippen LogP contribution >= 0.6 is 0 Å². The first-order valence-electron chi connectivity index (χ1n) is 3.93. The van der Waals surface area contributed by atoms with Crippen molar-refractivity contribution in [3.63, 3.8) is 0 Å². The molecule has 6 heteroatoms. The van der Waals surface area contributed by atoms with E-state index in [0.29, 0.717) is 0 Å². The number of halogens is 1. The Morgan fingerprint density at radius 1 is 1.29 bits per heavy atom. The van der Waals surface area contributed by atoms with Crippen molar-refractivity contribution in [2.45, 2.75) is 4.90 Å². The second-order valence-electron chi connectivity index (χ2n) is 2.55. The normalized spacial score (nSPS) is 11.9. The maximum atomic E-state index is 13.0. The molecule has 0 aliphatic heterocycles. The van der Waals surface area contributed by atoms with Crippen LogP contribution in [-0.4, -0.2) is 31.2 Å². The van der Waals surface area contributed by atoms with Gasteiger partial charge in [0.05, 0.1) is 18.0 Å².